The fourth-order valence-electron chi connectivity index (χ4n) is 3.74. The summed E-state index contributed by atoms with van der Waals surface area (Å²) in [5.41, 5.74) is 0. The Morgan fingerprint density at radius 3 is 2.50 bits per heavy atom. The lowest BCUT2D eigenvalue weighted by Gasteiger charge is -2.43. The molecule has 18 heavy (non-hydrogen) atoms. The van der Waals surface area contributed by atoms with E-state index in [1.807, 2.05) is 0 Å². The predicted molar refractivity (Wildman–Crippen MR) is 73.7 cm³/mol. The monoisotopic (exact) mass is 255 g/mol. The average Bonchev–Trinajstić information content (AvgIpc) is 2.45. The first-order valence-electron chi connectivity index (χ1n) is 7.81. The van der Waals surface area contributed by atoms with Crippen LogP contribution >= 0.6 is 0 Å². The van der Waals surface area contributed by atoms with E-state index in [4.69, 9.17) is 9.84 Å². The molecule has 2 unspecified atom stereocenters. The summed E-state index contributed by atoms with van der Waals surface area (Å²) in [6.07, 6.45) is 9.71. The summed E-state index contributed by atoms with van der Waals surface area (Å²) < 4.78 is 5.64. The molecule has 106 valence electrons. The second-order valence-electron chi connectivity index (χ2n) is 5.85. The van der Waals surface area contributed by atoms with Crippen LogP contribution in [0.1, 0.15) is 51.9 Å². The zero-order valence-corrected chi connectivity index (χ0v) is 11.8. The standard InChI is InChI=1S/C15H29NO2/c1-2-13-5-3-4-6-15(13)16-9-7-14(8-10-16)18-12-11-17/h13-15,17H,2-12H2,1H3. The van der Waals surface area contributed by atoms with Crippen molar-refractivity contribution >= 4 is 0 Å². The van der Waals surface area contributed by atoms with Gasteiger partial charge in [0.15, 0.2) is 0 Å². The Kier molecular flexibility index (Phi) is 5.93. The Morgan fingerprint density at radius 1 is 1.11 bits per heavy atom. The zero-order valence-electron chi connectivity index (χ0n) is 11.8. The molecule has 0 spiro atoms. The topological polar surface area (TPSA) is 32.7 Å². The summed E-state index contributed by atoms with van der Waals surface area (Å²) >= 11 is 0. The highest BCUT2D eigenvalue weighted by atomic mass is 16.5. The SMILES string of the molecule is CCC1CCCCC1N1CCC(OCCO)CC1. The highest BCUT2D eigenvalue weighted by molar-refractivity contribution is 4.85. The van der Waals surface area contributed by atoms with Crippen molar-refractivity contribution in [3.8, 4) is 0 Å². The van der Waals surface area contributed by atoms with Crippen molar-refractivity contribution in [2.45, 2.75) is 64.0 Å². The number of ether oxygens (including phenoxy) is 1. The summed E-state index contributed by atoms with van der Waals surface area (Å²) in [6, 6.07) is 0.836. The van der Waals surface area contributed by atoms with Gasteiger partial charge in [-0.2, -0.15) is 0 Å². The van der Waals surface area contributed by atoms with Crippen molar-refractivity contribution < 1.29 is 9.84 Å². The van der Waals surface area contributed by atoms with E-state index in [2.05, 4.69) is 11.8 Å². The molecule has 1 saturated heterocycles. The predicted octanol–water partition coefficient (Wildman–Crippen LogP) is 2.43. The van der Waals surface area contributed by atoms with Crippen molar-refractivity contribution in [2.24, 2.45) is 5.92 Å². The highest BCUT2D eigenvalue weighted by Gasteiger charge is 2.31. The lowest BCUT2D eigenvalue weighted by molar-refractivity contribution is -0.0253. The van der Waals surface area contributed by atoms with Crippen LogP contribution in [0.3, 0.4) is 0 Å². The third kappa shape index (κ3) is 3.69. The van der Waals surface area contributed by atoms with Gasteiger partial charge in [0.2, 0.25) is 0 Å². The molecule has 0 aromatic heterocycles. The largest absolute Gasteiger partial charge is 0.394 e. The van der Waals surface area contributed by atoms with E-state index in [1.54, 1.807) is 0 Å². The first-order valence-corrected chi connectivity index (χ1v) is 7.81. The smallest absolute Gasteiger partial charge is 0.0701 e. The Bertz CT molecular complexity index is 227. The number of hydrogen-bond acceptors (Lipinski definition) is 3. The summed E-state index contributed by atoms with van der Waals surface area (Å²) in [6.45, 7) is 5.39. The number of aliphatic hydroxyl groups is 1. The number of aliphatic hydroxyl groups excluding tert-OH is 1. The first kappa shape index (κ1) is 14.3. The van der Waals surface area contributed by atoms with Gasteiger partial charge >= 0.3 is 0 Å². The van der Waals surface area contributed by atoms with Gasteiger partial charge in [0.05, 0.1) is 19.3 Å². The minimum Gasteiger partial charge on any atom is -0.394 e. The molecule has 1 aliphatic carbocycles. The maximum absolute atomic E-state index is 8.78. The molecule has 1 N–H and O–H groups in total. The molecule has 3 nitrogen and oxygen atoms in total. The molecule has 2 rings (SSSR count). The Hall–Kier alpha value is -0.120. The Balaban J connectivity index is 1.77. The number of likely N-dealkylation sites (tertiary alicyclic amines) is 1. The van der Waals surface area contributed by atoms with Crippen LogP contribution in [0, 0.1) is 5.92 Å². The summed E-state index contributed by atoms with van der Waals surface area (Å²) in [5, 5.41) is 8.78. The molecule has 0 bridgehead atoms. The Labute approximate surface area is 112 Å². The lowest BCUT2D eigenvalue weighted by Crippen LogP contribution is -2.47. The van der Waals surface area contributed by atoms with Crippen LogP contribution in [0.25, 0.3) is 0 Å². The van der Waals surface area contributed by atoms with E-state index in [0.29, 0.717) is 12.7 Å². The maximum Gasteiger partial charge on any atom is 0.0701 e. The number of piperidine rings is 1. The third-order valence-corrected chi connectivity index (χ3v) is 4.78. The molecule has 0 aromatic rings. The van der Waals surface area contributed by atoms with Gasteiger partial charge in [-0.1, -0.05) is 26.2 Å². The molecule has 1 heterocycles. The quantitative estimate of drug-likeness (QED) is 0.819. The van der Waals surface area contributed by atoms with E-state index in [-0.39, 0.29) is 6.61 Å². The molecule has 0 aromatic carbocycles. The van der Waals surface area contributed by atoms with Crippen molar-refractivity contribution in [3.05, 3.63) is 0 Å². The van der Waals surface area contributed by atoms with Crippen LogP contribution in [0.2, 0.25) is 0 Å². The van der Waals surface area contributed by atoms with E-state index < -0.39 is 0 Å². The van der Waals surface area contributed by atoms with Gasteiger partial charge in [-0.3, -0.25) is 4.90 Å². The number of rotatable bonds is 5. The van der Waals surface area contributed by atoms with Crippen molar-refractivity contribution in [1.29, 1.82) is 0 Å². The third-order valence-electron chi connectivity index (χ3n) is 4.78. The molecule has 2 aliphatic rings. The minimum atomic E-state index is 0.154. The van der Waals surface area contributed by atoms with Crippen LogP contribution in [0.5, 0.6) is 0 Å². The van der Waals surface area contributed by atoms with Crippen molar-refractivity contribution in [1.82, 2.24) is 4.90 Å². The second kappa shape index (κ2) is 7.46. The summed E-state index contributed by atoms with van der Waals surface area (Å²) in [5.74, 6) is 0.925. The highest BCUT2D eigenvalue weighted by Crippen LogP contribution is 2.32. The Morgan fingerprint density at radius 2 is 1.83 bits per heavy atom. The van der Waals surface area contributed by atoms with E-state index in [0.717, 1.165) is 24.8 Å². The van der Waals surface area contributed by atoms with Gasteiger partial charge in [0.25, 0.3) is 0 Å². The number of nitrogens with zero attached hydrogens (tertiary/aromatic N) is 1. The van der Waals surface area contributed by atoms with E-state index >= 15 is 0 Å². The summed E-state index contributed by atoms with van der Waals surface area (Å²) in [7, 11) is 0. The van der Waals surface area contributed by atoms with Crippen LogP contribution in [-0.4, -0.2) is 48.5 Å². The van der Waals surface area contributed by atoms with Gasteiger partial charge in [-0.05, 0) is 31.6 Å². The minimum absolute atomic E-state index is 0.154. The summed E-state index contributed by atoms with van der Waals surface area (Å²) in [4.78, 5) is 2.71. The van der Waals surface area contributed by atoms with Crippen LogP contribution in [0.4, 0.5) is 0 Å². The fraction of sp³-hybridized carbons (Fsp3) is 1.00. The van der Waals surface area contributed by atoms with Crippen molar-refractivity contribution in [3.63, 3.8) is 0 Å². The molecule has 0 amide bonds. The molecular formula is C15H29NO2. The molecule has 1 saturated carbocycles. The number of hydrogen-bond donors (Lipinski definition) is 1. The van der Waals surface area contributed by atoms with Gasteiger partial charge in [0, 0.05) is 19.1 Å². The van der Waals surface area contributed by atoms with Crippen LogP contribution in [0.15, 0.2) is 0 Å². The fourth-order valence-corrected chi connectivity index (χ4v) is 3.74. The van der Waals surface area contributed by atoms with Crippen LogP contribution in [-0.2, 0) is 4.74 Å². The molecular weight excluding hydrogens is 226 g/mol. The zero-order chi connectivity index (χ0) is 12.8. The molecule has 0 radical (unpaired) electrons. The van der Waals surface area contributed by atoms with Gasteiger partial charge in [-0.15, -0.1) is 0 Å². The van der Waals surface area contributed by atoms with Gasteiger partial charge < -0.3 is 9.84 Å². The van der Waals surface area contributed by atoms with E-state index in [1.165, 1.54) is 45.2 Å². The second-order valence-corrected chi connectivity index (χ2v) is 5.85. The molecule has 2 atom stereocenters. The normalized spacial score (nSPS) is 31.7. The molecule has 3 heteroatoms. The van der Waals surface area contributed by atoms with Crippen LogP contribution < -0.4 is 0 Å². The average molecular weight is 255 g/mol. The van der Waals surface area contributed by atoms with E-state index in [9.17, 15) is 0 Å². The lowest BCUT2D eigenvalue weighted by atomic mass is 9.81. The van der Waals surface area contributed by atoms with Gasteiger partial charge in [-0.25, -0.2) is 0 Å². The molecule has 1 aliphatic heterocycles. The first-order chi connectivity index (χ1) is 8.85. The molecule has 2 fully saturated rings. The maximum atomic E-state index is 8.78. The van der Waals surface area contributed by atoms with Crippen molar-refractivity contribution in [2.75, 3.05) is 26.3 Å². The van der Waals surface area contributed by atoms with Gasteiger partial charge in [0.1, 0.15) is 0 Å².